The third kappa shape index (κ3) is 5.27. The summed E-state index contributed by atoms with van der Waals surface area (Å²) in [5.41, 5.74) is -0.284. The quantitative estimate of drug-likeness (QED) is 0.467. The zero-order chi connectivity index (χ0) is 17.5. The molecule has 9 heteroatoms. The van der Waals surface area contributed by atoms with Crippen LogP contribution in [-0.2, 0) is 9.53 Å². The number of nitrogens with zero attached hydrogens (tertiary/aromatic N) is 1. The lowest BCUT2D eigenvalue weighted by atomic mass is 10.1. The summed E-state index contributed by atoms with van der Waals surface area (Å²) in [6.07, 6.45) is 4.07. The highest BCUT2D eigenvalue weighted by atomic mass is 19.3. The molecule has 1 N–H and O–H groups in total. The Bertz CT molecular complexity index is 630. The van der Waals surface area contributed by atoms with Crippen molar-refractivity contribution in [2.75, 3.05) is 13.2 Å². The largest absolute Gasteiger partial charge is 0.434 e. The average molecular weight is 342 g/mol. The number of non-ortho nitro benzene ring substituents is 1. The Labute approximate surface area is 136 Å². The number of hydrogen-bond acceptors (Lipinski definition) is 5. The number of nitrogens with one attached hydrogen (secondary N) is 1. The molecule has 1 aliphatic heterocycles. The molecule has 1 unspecified atom stereocenters. The van der Waals surface area contributed by atoms with Gasteiger partial charge in [-0.3, -0.25) is 14.9 Å². The van der Waals surface area contributed by atoms with E-state index in [2.05, 4.69) is 10.1 Å². The number of nitro benzene ring substituents is 1. The molecule has 0 aromatic heterocycles. The second kappa shape index (κ2) is 8.34. The minimum Gasteiger partial charge on any atom is -0.434 e. The Kier molecular flexibility index (Phi) is 6.19. The van der Waals surface area contributed by atoms with Gasteiger partial charge >= 0.3 is 6.61 Å². The van der Waals surface area contributed by atoms with Crippen LogP contribution in [0.5, 0.6) is 5.75 Å². The number of hydrogen-bond donors (Lipinski definition) is 1. The van der Waals surface area contributed by atoms with Gasteiger partial charge in [0.25, 0.3) is 5.69 Å². The van der Waals surface area contributed by atoms with E-state index in [4.69, 9.17) is 4.74 Å². The van der Waals surface area contributed by atoms with Gasteiger partial charge in [-0.05, 0) is 25.0 Å². The predicted molar refractivity (Wildman–Crippen MR) is 80.7 cm³/mol. The van der Waals surface area contributed by atoms with Crippen molar-refractivity contribution in [2.24, 2.45) is 0 Å². The number of amides is 1. The van der Waals surface area contributed by atoms with Gasteiger partial charge in [0.1, 0.15) is 5.75 Å². The second-order valence-electron chi connectivity index (χ2n) is 5.07. The fourth-order valence-electron chi connectivity index (χ4n) is 2.23. The van der Waals surface area contributed by atoms with Gasteiger partial charge in [0, 0.05) is 36.9 Å². The Morgan fingerprint density at radius 3 is 2.96 bits per heavy atom. The third-order valence-corrected chi connectivity index (χ3v) is 3.36. The maximum Gasteiger partial charge on any atom is 0.387 e. The predicted octanol–water partition coefficient (Wildman–Crippen LogP) is 2.50. The van der Waals surface area contributed by atoms with E-state index in [-0.39, 0.29) is 23.1 Å². The van der Waals surface area contributed by atoms with Crippen LogP contribution in [0.25, 0.3) is 6.08 Å². The summed E-state index contributed by atoms with van der Waals surface area (Å²) in [6, 6.07) is 3.17. The minimum absolute atomic E-state index is 0.0109. The van der Waals surface area contributed by atoms with Gasteiger partial charge in [-0.2, -0.15) is 8.78 Å². The molecule has 0 spiro atoms. The van der Waals surface area contributed by atoms with E-state index >= 15 is 0 Å². The Morgan fingerprint density at radius 1 is 1.54 bits per heavy atom. The van der Waals surface area contributed by atoms with Crippen LogP contribution in [0.3, 0.4) is 0 Å². The van der Waals surface area contributed by atoms with Crippen molar-refractivity contribution in [1.82, 2.24) is 5.32 Å². The summed E-state index contributed by atoms with van der Waals surface area (Å²) in [5.74, 6) is -0.709. The standard InChI is InChI=1S/C15H16F2N2O5/c16-15(17)24-13-5-4-11(19(21)22)8-10(13)3-6-14(20)18-9-12-2-1-7-23-12/h3-6,8,12,15H,1-2,7,9H2,(H,18,20). The molecule has 1 amide bonds. The Morgan fingerprint density at radius 2 is 2.33 bits per heavy atom. The van der Waals surface area contributed by atoms with Crippen LogP contribution in [0.1, 0.15) is 18.4 Å². The number of carbonyl (C=O) groups excluding carboxylic acids is 1. The SMILES string of the molecule is O=C(C=Cc1cc([N+](=O)[O-])ccc1OC(F)F)NCC1CCCO1. The number of rotatable bonds is 7. The lowest BCUT2D eigenvalue weighted by molar-refractivity contribution is -0.384. The van der Waals surface area contributed by atoms with Crippen LogP contribution in [0.2, 0.25) is 0 Å². The molecule has 24 heavy (non-hydrogen) atoms. The molecule has 1 aromatic carbocycles. The fraction of sp³-hybridized carbons (Fsp3) is 0.400. The number of carbonyl (C=O) groups is 1. The van der Waals surface area contributed by atoms with Crippen molar-refractivity contribution in [3.05, 3.63) is 40.0 Å². The van der Waals surface area contributed by atoms with Gasteiger partial charge in [0.05, 0.1) is 11.0 Å². The van der Waals surface area contributed by atoms with Crippen LogP contribution in [0, 0.1) is 10.1 Å². The van der Waals surface area contributed by atoms with Crippen LogP contribution in [0.4, 0.5) is 14.5 Å². The highest BCUT2D eigenvalue weighted by molar-refractivity contribution is 5.92. The molecule has 0 aliphatic carbocycles. The van der Waals surface area contributed by atoms with Crippen LogP contribution in [0.15, 0.2) is 24.3 Å². The van der Waals surface area contributed by atoms with Crippen molar-refractivity contribution in [1.29, 1.82) is 0 Å². The van der Waals surface area contributed by atoms with E-state index in [0.717, 1.165) is 37.1 Å². The van der Waals surface area contributed by atoms with E-state index < -0.39 is 17.4 Å². The smallest absolute Gasteiger partial charge is 0.387 e. The minimum atomic E-state index is -3.08. The molecule has 1 atom stereocenters. The maximum atomic E-state index is 12.4. The molecule has 2 rings (SSSR count). The van der Waals surface area contributed by atoms with Crippen LogP contribution >= 0.6 is 0 Å². The summed E-state index contributed by atoms with van der Waals surface area (Å²) in [7, 11) is 0. The first-order valence-corrected chi connectivity index (χ1v) is 7.26. The van der Waals surface area contributed by atoms with Gasteiger partial charge in [-0.25, -0.2) is 0 Å². The van der Waals surface area contributed by atoms with Crippen molar-refractivity contribution < 1.29 is 28.0 Å². The third-order valence-electron chi connectivity index (χ3n) is 3.36. The van der Waals surface area contributed by atoms with Crippen LogP contribution < -0.4 is 10.1 Å². The summed E-state index contributed by atoms with van der Waals surface area (Å²) < 4.78 is 34.4. The molecule has 0 saturated carbocycles. The average Bonchev–Trinajstić information content (AvgIpc) is 3.04. The summed E-state index contributed by atoms with van der Waals surface area (Å²) in [6.45, 7) is -2.07. The van der Waals surface area contributed by atoms with Gasteiger partial charge in [-0.15, -0.1) is 0 Å². The number of halogens is 2. The highest BCUT2D eigenvalue weighted by Crippen LogP contribution is 2.26. The molecule has 1 heterocycles. The summed E-state index contributed by atoms with van der Waals surface area (Å²) >= 11 is 0. The Balaban J connectivity index is 2.05. The lowest BCUT2D eigenvalue weighted by Gasteiger charge is -2.09. The normalized spacial score (nSPS) is 17.4. The lowest BCUT2D eigenvalue weighted by Crippen LogP contribution is -2.30. The molecule has 0 bridgehead atoms. The topological polar surface area (TPSA) is 90.7 Å². The van der Waals surface area contributed by atoms with Gasteiger partial charge < -0.3 is 14.8 Å². The monoisotopic (exact) mass is 342 g/mol. The van der Waals surface area contributed by atoms with E-state index in [1.54, 1.807) is 0 Å². The molecule has 1 fully saturated rings. The van der Waals surface area contributed by atoms with E-state index in [0.29, 0.717) is 13.2 Å². The maximum absolute atomic E-state index is 12.4. The molecule has 1 saturated heterocycles. The van der Waals surface area contributed by atoms with E-state index in [9.17, 15) is 23.7 Å². The summed E-state index contributed by atoms with van der Waals surface area (Å²) in [5, 5.41) is 13.4. The van der Waals surface area contributed by atoms with E-state index in [1.807, 2.05) is 0 Å². The van der Waals surface area contributed by atoms with Crippen molar-refractivity contribution in [3.63, 3.8) is 0 Å². The van der Waals surface area contributed by atoms with E-state index in [1.165, 1.54) is 6.08 Å². The highest BCUT2D eigenvalue weighted by Gasteiger charge is 2.16. The first-order valence-electron chi connectivity index (χ1n) is 7.26. The summed E-state index contributed by atoms with van der Waals surface area (Å²) in [4.78, 5) is 21.9. The second-order valence-corrected chi connectivity index (χ2v) is 5.07. The molecule has 1 aromatic rings. The number of ether oxygens (including phenoxy) is 2. The molecular formula is C15H16F2N2O5. The van der Waals surface area contributed by atoms with Crippen molar-refractivity contribution in [3.8, 4) is 5.75 Å². The molecule has 1 aliphatic rings. The first kappa shape index (κ1) is 17.8. The fourth-order valence-corrected chi connectivity index (χ4v) is 2.23. The molecule has 7 nitrogen and oxygen atoms in total. The zero-order valence-electron chi connectivity index (χ0n) is 12.6. The van der Waals surface area contributed by atoms with Gasteiger partial charge in [-0.1, -0.05) is 0 Å². The molecule has 130 valence electrons. The molecular weight excluding hydrogens is 326 g/mol. The number of benzene rings is 1. The number of alkyl halides is 2. The molecule has 0 radical (unpaired) electrons. The van der Waals surface area contributed by atoms with Crippen LogP contribution in [-0.4, -0.2) is 36.7 Å². The van der Waals surface area contributed by atoms with Gasteiger partial charge in [0.2, 0.25) is 5.91 Å². The van der Waals surface area contributed by atoms with Gasteiger partial charge in [0.15, 0.2) is 0 Å². The zero-order valence-corrected chi connectivity index (χ0v) is 12.6. The Hall–Kier alpha value is -2.55. The number of nitro groups is 1. The van der Waals surface area contributed by atoms with Crippen molar-refractivity contribution >= 4 is 17.7 Å². The first-order chi connectivity index (χ1) is 11.5. The van der Waals surface area contributed by atoms with Crippen molar-refractivity contribution in [2.45, 2.75) is 25.6 Å².